The largest absolute Gasteiger partial charge is 0.340 e. The van der Waals surface area contributed by atoms with Crippen LogP contribution in [0.3, 0.4) is 0 Å². The molecule has 0 aliphatic heterocycles. The Morgan fingerprint density at radius 1 is 1.43 bits per heavy atom. The Labute approximate surface area is 85.3 Å². The number of aromatic amines is 1. The Morgan fingerprint density at radius 2 is 2.29 bits per heavy atom. The quantitative estimate of drug-likeness (QED) is 0.602. The fourth-order valence-electron chi connectivity index (χ4n) is 1.91. The van der Waals surface area contributed by atoms with E-state index in [4.69, 9.17) is 11.6 Å². The Balaban J connectivity index is 2.71. The first-order valence-corrected chi connectivity index (χ1v) is 4.73. The van der Waals surface area contributed by atoms with Crippen LogP contribution in [-0.4, -0.2) is 14.8 Å². The normalized spacial score (nSPS) is 11.6. The molecule has 2 heterocycles. The van der Waals surface area contributed by atoms with E-state index in [0.717, 1.165) is 27.0 Å². The number of hydrogen-bond acceptors (Lipinski definition) is 1. The summed E-state index contributed by atoms with van der Waals surface area (Å²) in [6.45, 7) is 0. The summed E-state index contributed by atoms with van der Waals surface area (Å²) >= 11 is 6.14. The first kappa shape index (κ1) is 7.88. The minimum Gasteiger partial charge on any atom is -0.340 e. The number of rotatable bonds is 0. The van der Waals surface area contributed by atoms with Crippen molar-refractivity contribution in [3.8, 4) is 0 Å². The number of aromatic nitrogens is 3. The number of halogens is 1. The average Bonchev–Trinajstić information content (AvgIpc) is 2.71. The molecule has 0 atom stereocenters. The predicted octanol–water partition coefficient (Wildman–Crippen LogP) is 2.71. The molecule has 0 aliphatic carbocycles. The molecule has 14 heavy (non-hydrogen) atoms. The van der Waals surface area contributed by atoms with Gasteiger partial charge in [0, 0.05) is 12.4 Å². The second-order valence-corrected chi connectivity index (χ2v) is 3.73. The van der Waals surface area contributed by atoms with Crippen molar-refractivity contribution < 1.29 is 0 Å². The van der Waals surface area contributed by atoms with Crippen LogP contribution >= 0.6 is 11.6 Å². The van der Waals surface area contributed by atoms with E-state index in [1.807, 2.05) is 31.4 Å². The highest BCUT2D eigenvalue weighted by molar-refractivity contribution is 6.36. The summed E-state index contributed by atoms with van der Waals surface area (Å²) in [7, 11) is 1.99. The lowest BCUT2D eigenvalue weighted by atomic mass is 10.2. The third-order valence-corrected chi connectivity index (χ3v) is 2.88. The Bertz CT molecular complexity index is 621. The molecule has 70 valence electrons. The zero-order valence-corrected chi connectivity index (χ0v) is 8.34. The predicted molar refractivity (Wildman–Crippen MR) is 57.6 cm³/mol. The zero-order chi connectivity index (χ0) is 9.71. The van der Waals surface area contributed by atoms with Crippen LogP contribution in [0.2, 0.25) is 5.02 Å². The van der Waals surface area contributed by atoms with E-state index in [0.29, 0.717) is 0 Å². The molecule has 3 rings (SSSR count). The maximum Gasteiger partial charge on any atom is 0.0909 e. The topological polar surface area (TPSA) is 33.6 Å². The number of H-pyrrole nitrogens is 1. The van der Waals surface area contributed by atoms with Gasteiger partial charge in [0.25, 0.3) is 0 Å². The molecule has 0 saturated heterocycles. The van der Waals surface area contributed by atoms with E-state index < -0.39 is 0 Å². The van der Waals surface area contributed by atoms with Gasteiger partial charge in [-0.2, -0.15) is 5.10 Å². The van der Waals surface area contributed by atoms with Crippen molar-refractivity contribution in [2.24, 2.45) is 7.05 Å². The summed E-state index contributed by atoms with van der Waals surface area (Å²) in [6.07, 6.45) is 1.81. The molecule has 0 radical (unpaired) electrons. The lowest BCUT2D eigenvalue weighted by molar-refractivity contribution is 1.01. The fourth-order valence-corrected chi connectivity index (χ4v) is 2.21. The monoisotopic (exact) mass is 205 g/mol. The third kappa shape index (κ3) is 0.800. The fraction of sp³-hybridized carbons (Fsp3) is 0.100. The second-order valence-electron chi connectivity index (χ2n) is 3.33. The number of aryl methyl sites for hydroxylation is 1. The van der Waals surface area contributed by atoms with E-state index in [1.165, 1.54) is 0 Å². The molecule has 0 aliphatic rings. The smallest absolute Gasteiger partial charge is 0.0909 e. The molecule has 0 saturated carbocycles. The van der Waals surface area contributed by atoms with Gasteiger partial charge in [-0.15, -0.1) is 0 Å². The van der Waals surface area contributed by atoms with Crippen LogP contribution in [0.4, 0.5) is 0 Å². The molecule has 0 spiro atoms. The minimum absolute atomic E-state index is 0.773. The van der Waals surface area contributed by atoms with Gasteiger partial charge in [0.15, 0.2) is 0 Å². The maximum absolute atomic E-state index is 6.14. The summed E-state index contributed by atoms with van der Waals surface area (Å²) in [4.78, 5) is 0. The highest BCUT2D eigenvalue weighted by Gasteiger charge is 2.11. The maximum atomic E-state index is 6.14. The standard InChI is InChI=1S/C10H8ClN3/c1-14-8-5-12-13-9(8)6-3-2-4-7(11)10(6)14/h2-5H,1H3,(H,12,13). The summed E-state index contributed by atoms with van der Waals surface area (Å²) in [5.41, 5.74) is 3.18. The number of para-hydroxylation sites is 1. The van der Waals surface area contributed by atoms with Crippen LogP contribution in [0.1, 0.15) is 0 Å². The van der Waals surface area contributed by atoms with Crippen molar-refractivity contribution in [1.29, 1.82) is 0 Å². The van der Waals surface area contributed by atoms with Crippen LogP contribution in [0.15, 0.2) is 24.4 Å². The lowest BCUT2D eigenvalue weighted by Gasteiger charge is -1.98. The van der Waals surface area contributed by atoms with Crippen LogP contribution in [-0.2, 0) is 7.05 Å². The molecule has 1 N–H and O–H groups in total. The summed E-state index contributed by atoms with van der Waals surface area (Å²) in [5, 5.41) is 8.88. The third-order valence-electron chi connectivity index (χ3n) is 2.57. The van der Waals surface area contributed by atoms with Gasteiger partial charge in [-0.05, 0) is 6.07 Å². The molecule has 0 unspecified atom stereocenters. The van der Waals surface area contributed by atoms with E-state index >= 15 is 0 Å². The average molecular weight is 206 g/mol. The van der Waals surface area contributed by atoms with Crippen molar-refractivity contribution in [3.63, 3.8) is 0 Å². The van der Waals surface area contributed by atoms with E-state index in [1.54, 1.807) is 0 Å². The van der Waals surface area contributed by atoms with E-state index in [2.05, 4.69) is 14.8 Å². The highest BCUT2D eigenvalue weighted by atomic mass is 35.5. The summed E-state index contributed by atoms with van der Waals surface area (Å²) in [5.74, 6) is 0. The summed E-state index contributed by atoms with van der Waals surface area (Å²) in [6, 6.07) is 5.89. The van der Waals surface area contributed by atoms with Crippen LogP contribution < -0.4 is 0 Å². The Hall–Kier alpha value is -1.48. The number of benzene rings is 1. The van der Waals surface area contributed by atoms with Gasteiger partial charge in [0.2, 0.25) is 0 Å². The van der Waals surface area contributed by atoms with Gasteiger partial charge in [-0.25, -0.2) is 0 Å². The van der Waals surface area contributed by atoms with Crippen LogP contribution in [0.25, 0.3) is 21.9 Å². The molecular weight excluding hydrogens is 198 g/mol. The Kier molecular flexibility index (Phi) is 1.42. The molecule has 0 amide bonds. The van der Waals surface area contributed by atoms with Crippen LogP contribution in [0, 0.1) is 0 Å². The number of nitrogens with one attached hydrogen (secondary N) is 1. The highest BCUT2D eigenvalue weighted by Crippen LogP contribution is 2.30. The second kappa shape index (κ2) is 2.51. The lowest BCUT2D eigenvalue weighted by Crippen LogP contribution is -1.86. The van der Waals surface area contributed by atoms with Crippen molar-refractivity contribution in [1.82, 2.24) is 14.8 Å². The molecule has 0 fully saturated rings. The van der Waals surface area contributed by atoms with Crippen molar-refractivity contribution >= 4 is 33.5 Å². The van der Waals surface area contributed by atoms with Crippen LogP contribution in [0.5, 0.6) is 0 Å². The molecule has 1 aromatic carbocycles. The number of hydrogen-bond donors (Lipinski definition) is 1. The van der Waals surface area contributed by atoms with E-state index in [-0.39, 0.29) is 0 Å². The van der Waals surface area contributed by atoms with Gasteiger partial charge in [-0.3, -0.25) is 5.10 Å². The number of fused-ring (bicyclic) bond motifs is 3. The molecule has 3 aromatic rings. The minimum atomic E-state index is 0.773. The van der Waals surface area contributed by atoms with Crippen molar-refractivity contribution in [3.05, 3.63) is 29.4 Å². The van der Waals surface area contributed by atoms with Gasteiger partial charge < -0.3 is 4.57 Å². The van der Waals surface area contributed by atoms with Crippen molar-refractivity contribution in [2.75, 3.05) is 0 Å². The molecule has 4 heteroatoms. The van der Waals surface area contributed by atoms with Gasteiger partial charge in [0.05, 0.1) is 27.8 Å². The summed E-state index contributed by atoms with van der Waals surface area (Å²) < 4.78 is 2.05. The van der Waals surface area contributed by atoms with E-state index in [9.17, 15) is 0 Å². The van der Waals surface area contributed by atoms with Gasteiger partial charge in [0.1, 0.15) is 0 Å². The zero-order valence-electron chi connectivity index (χ0n) is 7.58. The molecule has 2 aromatic heterocycles. The first-order valence-electron chi connectivity index (χ1n) is 4.35. The van der Waals surface area contributed by atoms with Gasteiger partial charge >= 0.3 is 0 Å². The molecular formula is C10H8ClN3. The first-order chi connectivity index (χ1) is 6.79. The molecule has 0 bridgehead atoms. The number of nitrogens with zero attached hydrogens (tertiary/aromatic N) is 2. The molecule has 3 nitrogen and oxygen atoms in total. The SMILES string of the molecule is Cn1c2cn[nH]c2c2cccc(Cl)c21. The van der Waals surface area contributed by atoms with Crippen molar-refractivity contribution in [2.45, 2.75) is 0 Å². The Morgan fingerprint density at radius 3 is 3.14 bits per heavy atom. The van der Waals surface area contributed by atoms with Gasteiger partial charge in [-0.1, -0.05) is 23.7 Å².